The minimum atomic E-state index is 0.0904. The minimum Gasteiger partial charge on any atom is -0.493 e. The Morgan fingerprint density at radius 3 is 2.61 bits per heavy atom. The lowest BCUT2D eigenvalue weighted by atomic mass is 10.0. The van der Waals surface area contributed by atoms with Crippen molar-refractivity contribution in [3.8, 4) is 5.75 Å². The van der Waals surface area contributed by atoms with Crippen LogP contribution >= 0.6 is 0 Å². The van der Waals surface area contributed by atoms with E-state index < -0.39 is 0 Å². The number of para-hydroxylation sites is 1. The molecule has 2 heterocycles. The number of rotatable bonds is 6. The van der Waals surface area contributed by atoms with Crippen molar-refractivity contribution in [3.63, 3.8) is 0 Å². The van der Waals surface area contributed by atoms with Crippen molar-refractivity contribution in [3.05, 3.63) is 54.1 Å². The monoisotopic (exact) mass is 379 g/mol. The van der Waals surface area contributed by atoms with Crippen molar-refractivity contribution in [2.45, 2.75) is 19.8 Å². The number of piperazine rings is 1. The first-order valence-electron chi connectivity index (χ1n) is 10.3. The van der Waals surface area contributed by atoms with E-state index in [0.29, 0.717) is 18.9 Å². The Bertz CT molecular complexity index is 801. The van der Waals surface area contributed by atoms with E-state index in [1.807, 2.05) is 12.1 Å². The Hall–Kier alpha value is -2.53. The molecule has 0 radical (unpaired) electrons. The molecule has 28 heavy (non-hydrogen) atoms. The lowest BCUT2D eigenvalue weighted by Crippen LogP contribution is -2.48. The van der Waals surface area contributed by atoms with Gasteiger partial charge in [-0.05, 0) is 30.2 Å². The maximum absolute atomic E-state index is 11.6. The summed E-state index contributed by atoms with van der Waals surface area (Å²) in [7, 11) is 0. The van der Waals surface area contributed by atoms with Gasteiger partial charge in [-0.25, -0.2) is 0 Å². The summed E-state index contributed by atoms with van der Waals surface area (Å²) < 4.78 is 6.01. The summed E-state index contributed by atoms with van der Waals surface area (Å²) in [6, 6.07) is 16.7. The first-order chi connectivity index (χ1) is 13.7. The molecular weight excluding hydrogens is 350 g/mol. The molecule has 1 saturated heterocycles. The van der Waals surface area contributed by atoms with Crippen LogP contribution in [-0.2, 0) is 11.2 Å². The van der Waals surface area contributed by atoms with Gasteiger partial charge in [0.15, 0.2) is 0 Å². The predicted octanol–water partition coefficient (Wildman–Crippen LogP) is 3.41. The number of hydrogen-bond acceptors (Lipinski definition) is 4. The second-order valence-electron chi connectivity index (χ2n) is 7.91. The van der Waals surface area contributed by atoms with Gasteiger partial charge in [-0.15, -0.1) is 0 Å². The van der Waals surface area contributed by atoms with Crippen LogP contribution < -0.4 is 15.0 Å². The van der Waals surface area contributed by atoms with Gasteiger partial charge < -0.3 is 15.0 Å². The summed E-state index contributed by atoms with van der Waals surface area (Å²) in [5.74, 6) is 1.38. The van der Waals surface area contributed by atoms with E-state index in [-0.39, 0.29) is 5.91 Å². The highest BCUT2D eigenvalue weighted by atomic mass is 16.5. The second kappa shape index (κ2) is 8.65. The van der Waals surface area contributed by atoms with E-state index in [2.05, 4.69) is 58.4 Å². The SMILES string of the molecule is CC(COc1ccc2c(c1)NC(=O)CC2)CN1CCN(c2ccccc2)CC1. The van der Waals surface area contributed by atoms with Crippen molar-refractivity contribution in [1.82, 2.24) is 4.90 Å². The molecule has 0 saturated carbocycles. The van der Waals surface area contributed by atoms with Gasteiger partial charge in [-0.3, -0.25) is 9.69 Å². The maximum atomic E-state index is 11.6. The number of nitrogens with zero attached hydrogens (tertiary/aromatic N) is 2. The molecule has 5 nitrogen and oxygen atoms in total. The Morgan fingerprint density at radius 2 is 1.82 bits per heavy atom. The van der Waals surface area contributed by atoms with Crippen LogP contribution in [0.2, 0.25) is 0 Å². The zero-order valence-electron chi connectivity index (χ0n) is 16.6. The number of benzene rings is 2. The summed E-state index contributed by atoms with van der Waals surface area (Å²) in [5, 5.41) is 2.94. The third-order valence-electron chi connectivity index (χ3n) is 5.57. The van der Waals surface area contributed by atoms with E-state index in [1.165, 1.54) is 11.3 Å². The van der Waals surface area contributed by atoms with Crippen LogP contribution in [-0.4, -0.2) is 50.1 Å². The van der Waals surface area contributed by atoms with Crippen LogP contribution in [0.25, 0.3) is 0 Å². The molecule has 0 aliphatic carbocycles. The highest BCUT2D eigenvalue weighted by molar-refractivity contribution is 5.94. The van der Waals surface area contributed by atoms with E-state index in [0.717, 1.165) is 50.6 Å². The molecule has 2 aromatic rings. The Morgan fingerprint density at radius 1 is 1.04 bits per heavy atom. The summed E-state index contributed by atoms with van der Waals surface area (Å²) in [6.07, 6.45) is 1.38. The normalized spacial score (nSPS) is 18.3. The molecule has 1 fully saturated rings. The molecule has 5 heteroatoms. The predicted molar refractivity (Wildman–Crippen MR) is 113 cm³/mol. The molecule has 1 atom stereocenters. The van der Waals surface area contributed by atoms with Crippen LogP contribution in [0.3, 0.4) is 0 Å². The zero-order chi connectivity index (χ0) is 19.3. The third-order valence-corrected chi connectivity index (χ3v) is 5.57. The second-order valence-corrected chi connectivity index (χ2v) is 7.91. The lowest BCUT2D eigenvalue weighted by Gasteiger charge is -2.37. The van der Waals surface area contributed by atoms with Crippen LogP contribution in [0.1, 0.15) is 18.9 Å². The molecular formula is C23H29N3O2. The first kappa shape index (κ1) is 18.8. The number of anilines is 2. The quantitative estimate of drug-likeness (QED) is 0.835. The fraction of sp³-hybridized carbons (Fsp3) is 0.435. The highest BCUT2D eigenvalue weighted by Gasteiger charge is 2.19. The molecule has 4 rings (SSSR count). The molecule has 1 unspecified atom stereocenters. The first-order valence-corrected chi connectivity index (χ1v) is 10.3. The van der Waals surface area contributed by atoms with Gasteiger partial charge in [-0.1, -0.05) is 31.2 Å². The standard InChI is InChI=1S/C23H29N3O2/c1-18(16-25-11-13-26(14-12-25)20-5-3-2-4-6-20)17-28-21-9-7-19-8-10-23(27)24-22(19)15-21/h2-7,9,15,18H,8,10-14,16-17H2,1H3,(H,24,27). The average molecular weight is 380 g/mol. The van der Waals surface area contributed by atoms with E-state index in [4.69, 9.17) is 4.74 Å². The van der Waals surface area contributed by atoms with Gasteiger partial charge in [0, 0.05) is 62.5 Å². The zero-order valence-corrected chi connectivity index (χ0v) is 16.6. The van der Waals surface area contributed by atoms with Crippen LogP contribution in [0, 0.1) is 5.92 Å². The Labute approximate surface area is 167 Å². The Kier molecular flexibility index (Phi) is 5.81. The van der Waals surface area contributed by atoms with Gasteiger partial charge in [0.05, 0.1) is 6.61 Å². The molecule has 0 spiro atoms. The van der Waals surface area contributed by atoms with Gasteiger partial charge in [0.1, 0.15) is 5.75 Å². The lowest BCUT2D eigenvalue weighted by molar-refractivity contribution is -0.116. The van der Waals surface area contributed by atoms with Crippen molar-refractivity contribution >= 4 is 17.3 Å². The molecule has 1 amide bonds. The fourth-order valence-electron chi connectivity index (χ4n) is 4.00. The Balaban J connectivity index is 1.23. The highest BCUT2D eigenvalue weighted by Crippen LogP contribution is 2.27. The number of hydrogen-bond donors (Lipinski definition) is 1. The third kappa shape index (κ3) is 4.65. The summed E-state index contributed by atoms with van der Waals surface area (Å²) in [6.45, 7) is 8.29. The molecule has 148 valence electrons. The van der Waals surface area contributed by atoms with E-state index >= 15 is 0 Å². The molecule has 2 aliphatic rings. The number of ether oxygens (including phenoxy) is 1. The summed E-state index contributed by atoms with van der Waals surface area (Å²) in [5.41, 5.74) is 3.41. The van der Waals surface area contributed by atoms with Crippen LogP contribution in [0.4, 0.5) is 11.4 Å². The average Bonchev–Trinajstić information content (AvgIpc) is 2.73. The smallest absolute Gasteiger partial charge is 0.224 e. The van der Waals surface area contributed by atoms with Gasteiger partial charge in [0.25, 0.3) is 0 Å². The van der Waals surface area contributed by atoms with Crippen LogP contribution in [0.15, 0.2) is 48.5 Å². The molecule has 2 aromatic carbocycles. The topological polar surface area (TPSA) is 44.8 Å². The number of amides is 1. The number of carbonyl (C=O) groups excluding carboxylic acids is 1. The van der Waals surface area contributed by atoms with E-state index in [9.17, 15) is 4.79 Å². The summed E-state index contributed by atoms with van der Waals surface area (Å²) >= 11 is 0. The van der Waals surface area contributed by atoms with Crippen LogP contribution in [0.5, 0.6) is 5.75 Å². The minimum absolute atomic E-state index is 0.0904. The number of nitrogens with one attached hydrogen (secondary N) is 1. The number of fused-ring (bicyclic) bond motifs is 1. The molecule has 2 aliphatic heterocycles. The number of carbonyl (C=O) groups is 1. The van der Waals surface area contributed by atoms with Crippen molar-refractivity contribution < 1.29 is 9.53 Å². The van der Waals surface area contributed by atoms with Gasteiger partial charge in [0.2, 0.25) is 5.91 Å². The molecule has 0 bridgehead atoms. The largest absolute Gasteiger partial charge is 0.493 e. The summed E-state index contributed by atoms with van der Waals surface area (Å²) in [4.78, 5) is 16.6. The number of aryl methyl sites for hydroxylation is 1. The van der Waals surface area contributed by atoms with Gasteiger partial charge in [-0.2, -0.15) is 0 Å². The fourth-order valence-corrected chi connectivity index (χ4v) is 4.00. The van der Waals surface area contributed by atoms with E-state index in [1.54, 1.807) is 0 Å². The van der Waals surface area contributed by atoms with Crippen molar-refractivity contribution in [2.24, 2.45) is 5.92 Å². The van der Waals surface area contributed by atoms with Gasteiger partial charge >= 0.3 is 0 Å². The molecule has 1 N–H and O–H groups in total. The van der Waals surface area contributed by atoms with Crippen molar-refractivity contribution in [1.29, 1.82) is 0 Å². The maximum Gasteiger partial charge on any atom is 0.224 e. The van der Waals surface area contributed by atoms with Crippen molar-refractivity contribution in [2.75, 3.05) is 49.5 Å². The molecule has 0 aromatic heterocycles.